The molecule has 0 saturated carbocycles. The highest BCUT2D eigenvalue weighted by Gasteiger charge is 2.03. The smallest absolute Gasteiger partial charge is 0.0450 e. The second-order valence-electron chi connectivity index (χ2n) is 3.63. The fourth-order valence-electron chi connectivity index (χ4n) is 1.38. The molecule has 1 aromatic carbocycles. The number of nitrogen functional groups attached to an aromatic ring is 1. The highest BCUT2D eigenvalue weighted by molar-refractivity contribution is 5.57. The van der Waals surface area contributed by atoms with Crippen LogP contribution in [0.5, 0.6) is 0 Å². The summed E-state index contributed by atoms with van der Waals surface area (Å²) in [6, 6.07) is 6.07. The van der Waals surface area contributed by atoms with Crippen LogP contribution in [0, 0.1) is 6.92 Å². The number of nitrogens with two attached hydrogens (primary N) is 1. The van der Waals surface area contributed by atoms with E-state index in [-0.39, 0.29) is 12.6 Å². The Morgan fingerprint density at radius 2 is 2.21 bits per heavy atom. The third-order valence-corrected chi connectivity index (χ3v) is 2.21. The molecular weight excluding hydrogens is 176 g/mol. The lowest BCUT2D eigenvalue weighted by Gasteiger charge is -2.16. The van der Waals surface area contributed by atoms with E-state index in [9.17, 15) is 0 Å². The predicted octanol–water partition coefficient (Wildman–Crippen LogP) is 1.76. The number of hydrogen-bond acceptors (Lipinski definition) is 3. The monoisotopic (exact) mass is 194 g/mol. The van der Waals surface area contributed by atoms with Gasteiger partial charge >= 0.3 is 0 Å². The summed E-state index contributed by atoms with van der Waals surface area (Å²) in [5, 5.41) is 12.1. The van der Waals surface area contributed by atoms with E-state index in [0.717, 1.165) is 23.4 Å². The van der Waals surface area contributed by atoms with E-state index in [1.807, 2.05) is 32.0 Å². The highest BCUT2D eigenvalue weighted by atomic mass is 16.3. The van der Waals surface area contributed by atoms with Gasteiger partial charge in [0.05, 0.1) is 0 Å². The predicted molar refractivity (Wildman–Crippen MR) is 60.4 cm³/mol. The fourth-order valence-corrected chi connectivity index (χ4v) is 1.38. The maximum absolute atomic E-state index is 8.77. The van der Waals surface area contributed by atoms with Gasteiger partial charge in [0.25, 0.3) is 0 Å². The molecule has 0 spiro atoms. The highest BCUT2D eigenvalue weighted by Crippen LogP contribution is 2.18. The SMILES string of the molecule is Cc1cc(N)ccc1NC(C)CCO. The van der Waals surface area contributed by atoms with Crippen LogP contribution in [0.25, 0.3) is 0 Å². The average Bonchev–Trinajstić information content (AvgIpc) is 2.10. The largest absolute Gasteiger partial charge is 0.399 e. The number of aliphatic hydroxyl groups is 1. The van der Waals surface area contributed by atoms with Crippen LogP contribution in [-0.4, -0.2) is 17.8 Å². The minimum Gasteiger partial charge on any atom is -0.399 e. The minimum absolute atomic E-state index is 0.211. The molecule has 0 aromatic heterocycles. The summed E-state index contributed by atoms with van der Waals surface area (Å²) in [6.07, 6.45) is 0.754. The van der Waals surface area contributed by atoms with Gasteiger partial charge in [0.15, 0.2) is 0 Å². The number of benzene rings is 1. The van der Waals surface area contributed by atoms with Crippen molar-refractivity contribution in [1.82, 2.24) is 0 Å². The molecule has 3 nitrogen and oxygen atoms in total. The molecule has 3 heteroatoms. The molecule has 1 aromatic rings. The summed E-state index contributed by atoms with van der Waals surface area (Å²) in [7, 11) is 0. The van der Waals surface area contributed by atoms with E-state index in [2.05, 4.69) is 5.32 Å². The van der Waals surface area contributed by atoms with Gasteiger partial charge in [-0.1, -0.05) is 0 Å². The van der Waals surface area contributed by atoms with Crippen LogP contribution in [0.2, 0.25) is 0 Å². The molecule has 0 bridgehead atoms. The van der Waals surface area contributed by atoms with Gasteiger partial charge in [0, 0.05) is 24.0 Å². The summed E-state index contributed by atoms with van der Waals surface area (Å²) < 4.78 is 0. The van der Waals surface area contributed by atoms with E-state index in [1.165, 1.54) is 0 Å². The van der Waals surface area contributed by atoms with Crippen molar-refractivity contribution in [3.63, 3.8) is 0 Å². The zero-order chi connectivity index (χ0) is 10.6. The van der Waals surface area contributed by atoms with Crippen molar-refractivity contribution >= 4 is 11.4 Å². The van der Waals surface area contributed by atoms with Crippen molar-refractivity contribution < 1.29 is 5.11 Å². The fraction of sp³-hybridized carbons (Fsp3) is 0.455. The Kier molecular flexibility index (Phi) is 3.77. The van der Waals surface area contributed by atoms with Gasteiger partial charge in [0.1, 0.15) is 0 Å². The van der Waals surface area contributed by atoms with Gasteiger partial charge in [-0.05, 0) is 44.0 Å². The topological polar surface area (TPSA) is 58.3 Å². The number of aliphatic hydroxyl groups excluding tert-OH is 1. The van der Waals surface area contributed by atoms with Crippen molar-refractivity contribution in [2.75, 3.05) is 17.7 Å². The summed E-state index contributed by atoms with van der Waals surface area (Å²) in [5.74, 6) is 0. The van der Waals surface area contributed by atoms with Crippen molar-refractivity contribution in [2.24, 2.45) is 0 Å². The Morgan fingerprint density at radius 1 is 1.50 bits per heavy atom. The van der Waals surface area contributed by atoms with Crippen LogP contribution in [0.4, 0.5) is 11.4 Å². The molecule has 0 heterocycles. The maximum Gasteiger partial charge on any atom is 0.0450 e. The first kappa shape index (κ1) is 10.9. The molecule has 4 N–H and O–H groups in total. The normalized spacial score (nSPS) is 12.5. The molecule has 0 amide bonds. The Labute approximate surface area is 84.9 Å². The molecule has 78 valence electrons. The third kappa shape index (κ3) is 2.92. The van der Waals surface area contributed by atoms with Gasteiger partial charge in [-0.25, -0.2) is 0 Å². The molecule has 0 radical (unpaired) electrons. The molecule has 14 heavy (non-hydrogen) atoms. The summed E-state index contributed by atoms with van der Waals surface area (Å²) in [5.41, 5.74) is 8.65. The van der Waals surface area contributed by atoms with Gasteiger partial charge in [-0.15, -0.1) is 0 Å². The van der Waals surface area contributed by atoms with E-state index < -0.39 is 0 Å². The van der Waals surface area contributed by atoms with Crippen LogP contribution in [0.1, 0.15) is 18.9 Å². The molecule has 0 aliphatic rings. The Bertz CT molecular complexity index is 299. The number of hydrogen-bond donors (Lipinski definition) is 3. The van der Waals surface area contributed by atoms with Crippen molar-refractivity contribution in [2.45, 2.75) is 26.3 Å². The molecule has 1 rings (SSSR count). The van der Waals surface area contributed by atoms with Crippen molar-refractivity contribution in [3.05, 3.63) is 23.8 Å². The Balaban J connectivity index is 2.67. The van der Waals surface area contributed by atoms with Gasteiger partial charge < -0.3 is 16.2 Å². The molecule has 0 aliphatic carbocycles. The van der Waals surface area contributed by atoms with Crippen molar-refractivity contribution in [1.29, 1.82) is 0 Å². The number of anilines is 2. The van der Waals surface area contributed by atoms with Gasteiger partial charge in [-0.2, -0.15) is 0 Å². The zero-order valence-corrected chi connectivity index (χ0v) is 8.75. The maximum atomic E-state index is 8.77. The van der Waals surface area contributed by atoms with Crippen LogP contribution in [-0.2, 0) is 0 Å². The quantitative estimate of drug-likeness (QED) is 0.640. The molecule has 0 fully saturated rings. The summed E-state index contributed by atoms with van der Waals surface area (Å²) >= 11 is 0. The number of aryl methyl sites for hydroxylation is 1. The van der Waals surface area contributed by atoms with E-state index in [1.54, 1.807) is 0 Å². The summed E-state index contributed by atoms with van der Waals surface area (Å²) in [6.45, 7) is 4.28. The average molecular weight is 194 g/mol. The van der Waals surface area contributed by atoms with Gasteiger partial charge in [0.2, 0.25) is 0 Å². The molecular formula is C11H18N2O. The number of rotatable bonds is 4. The lowest BCUT2D eigenvalue weighted by atomic mass is 10.1. The van der Waals surface area contributed by atoms with E-state index in [0.29, 0.717) is 0 Å². The van der Waals surface area contributed by atoms with Crippen LogP contribution in [0.3, 0.4) is 0 Å². The second kappa shape index (κ2) is 4.86. The van der Waals surface area contributed by atoms with Gasteiger partial charge in [-0.3, -0.25) is 0 Å². The first-order chi connectivity index (χ1) is 6.63. The second-order valence-corrected chi connectivity index (χ2v) is 3.63. The molecule has 1 unspecified atom stereocenters. The van der Waals surface area contributed by atoms with Crippen molar-refractivity contribution in [3.8, 4) is 0 Å². The zero-order valence-electron chi connectivity index (χ0n) is 8.75. The molecule has 0 saturated heterocycles. The first-order valence-electron chi connectivity index (χ1n) is 4.87. The Hall–Kier alpha value is -1.22. The summed E-state index contributed by atoms with van der Waals surface area (Å²) in [4.78, 5) is 0. The standard InChI is InChI=1S/C11H18N2O/c1-8-7-10(12)3-4-11(8)13-9(2)5-6-14/h3-4,7,9,13-14H,5-6,12H2,1-2H3. The van der Waals surface area contributed by atoms with Crippen LogP contribution >= 0.6 is 0 Å². The third-order valence-electron chi connectivity index (χ3n) is 2.21. The lowest BCUT2D eigenvalue weighted by molar-refractivity contribution is 0.282. The minimum atomic E-state index is 0.211. The number of nitrogens with one attached hydrogen (secondary N) is 1. The van der Waals surface area contributed by atoms with E-state index in [4.69, 9.17) is 10.8 Å². The first-order valence-corrected chi connectivity index (χ1v) is 4.87. The Morgan fingerprint density at radius 3 is 2.79 bits per heavy atom. The lowest BCUT2D eigenvalue weighted by Crippen LogP contribution is -2.17. The molecule has 0 aliphatic heterocycles. The molecule has 1 atom stereocenters. The van der Waals surface area contributed by atoms with Crippen LogP contribution in [0.15, 0.2) is 18.2 Å². The van der Waals surface area contributed by atoms with E-state index >= 15 is 0 Å². The van der Waals surface area contributed by atoms with Crippen LogP contribution < -0.4 is 11.1 Å².